The van der Waals surface area contributed by atoms with Crippen LogP contribution >= 0.6 is 0 Å². The van der Waals surface area contributed by atoms with E-state index in [1.807, 2.05) is 4.90 Å². The van der Waals surface area contributed by atoms with E-state index in [0.29, 0.717) is 37.6 Å². The molecule has 1 aliphatic heterocycles. The summed E-state index contributed by atoms with van der Waals surface area (Å²) in [7, 11) is 0. The molecule has 2 aromatic carbocycles. The molecule has 1 aliphatic rings. The summed E-state index contributed by atoms with van der Waals surface area (Å²) >= 11 is 0. The molecule has 0 aliphatic carbocycles. The van der Waals surface area contributed by atoms with Crippen molar-refractivity contribution in [3.8, 4) is 5.75 Å². The molecular formula is C19H19N5O7. The number of ether oxygens (including phenoxy) is 2. The summed E-state index contributed by atoms with van der Waals surface area (Å²) in [5.74, 6) is -0.685. The number of carbonyl (C=O) groups excluding carboxylic acids is 1. The van der Waals surface area contributed by atoms with Crippen LogP contribution in [0.3, 0.4) is 0 Å². The lowest BCUT2D eigenvalue weighted by Crippen LogP contribution is -2.36. The molecule has 162 valence electrons. The Bertz CT molecular complexity index is 1000. The van der Waals surface area contributed by atoms with Crippen molar-refractivity contribution in [2.45, 2.75) is 0 Å². The average Bonchev–Trinajstić information content (AvgIpc) is 2.78. The van der Waals surface area contributed by atoms with Gasteiger partial charge >= 0.3 is 5.69 Å². The first-order valence-corrected chi connectivity index (χ1v) is 9.25. The number of morpholine rings is 1. The summed E-state index contributed by atoms with van der Waals surface area (Å²) in [5, 5.41) is 26.2. The van der Waals surface area contributed by atoms with Crippen molar-refractivity contribution in [1.29, 1.82) is 0 Å². The van der Waals surface area contributed by atoms with Gasteiger partial charge in [0.1, 0.15) is 5.69 Å². The molecule has 0 atom stereocenters. The topological polar surface area (TPSA) is 149 Å². The van der Waals surface area contributed by atoms with Gasteiger partial charge < -0.3 is 14.4 Å². The number of hydrogen-bond donors (Lipinski definition) is 1. The molecule has 12 heteroatoms. The number of nitro groups is 2. The zero-order chi connectivity index (χ0) is 22.2. The fourth-order valence-electron chi connectivity index (χ4n) is 2.92. The van der Waals surface area contributed by atoms with Crippen LogP contribution in [0.1, 0.15) is 5.56 Å². The highest BCUT2D eigenvalue weighted by atomic mass is 16.6. The zero-order valence-electron chi connectivity index (χ0n) is 16.3. The monoisotopic (exact) mass is 429 g/mol. The van der Waals surface area contributed by atoms with E-state index in [9.17, 15) is 25.0 Å². The molecule has 1 fully saturated rings. The number of benzene rings is 2. The first kappa shape index (κ1) is 21.6. The van der Waals surface area contributed by atoms with Gasteiger partial charge in [-0.15, -0.1) is 0 Å². The molecule has 1 saturated heterocycles. The quantitative estimate of drug-likeness (QED) is 0.380. The normalized spacial score (nSPS) is 13.7. The molecule has 2 aromatic rings. The lowest BCUT2D eigenvalue weighted by molar-refractivity contribution is -0.385. The summed E-state index contributed by atoms with van der Waals surface area (Å²) in [6.07, 6.45) is 1.26. The second kappa shape index (κ2) is 10.1. The van der Waals surface area contributed by atoms with Crippen LogP contribution in [0, 0.1) is 20.2 Å². The van der Waals surface area contributed by atoms with Gasteiger partial charge in [0.25, 0.3) is 11.6 Å². The number of amides is 1. The van der Waals surface area contributed by atoms with Gasteiger partial charge in [0.05, 0.1) is 29.3 Å². The number of hydrogen-bond acceptors (Lipinski definition) is 9. The van der Waals surface area contributed by atoms with Crippen LogP contribution in [0.5, 0.6) is 5.75 Å². The summed E-state index contributed by atoms with van der Waals surface area (Å²) in [5.41, 5.74) is 2.80. The molecule has 12 nitrogen and oxygen atoms in total. The summed E-state index contributed by atoms with van der Waals surface area (Å²) < 4.78 is 10.4. The largest absolute Gasteiger partial charge is 0.477 e. The van der Waals surface area contributed by atoms with Gasteiger partial charge in [-0.05, 0) is 12.1 Å². The minimum atomic E-state index is -0.645. The lowest BCUT2D eigenvalue weighted by Gasteiger charge is -2.28. The predicted octanol–water partition coefficient (Wildman–Crippen LogP) is 1.87. The van der Waals surface area contributed by atoms with Gasteiger partial charge in [-0.2, -0.15) is 5.10 Å². The van der Waals surface area contributed by atoms with E-state index in [1.54, 1.807) is 18.2 Å². The molecule has 1 amide bonds. The van der Waals surface area contributed by atoms with E-state index in [4.69, 9.17) is 9.47 Å². The Kier molecular flexibility index (Phi) is 7.06. The van der Waals surface area contributed by atoms with Crippen molar-refractivity contribution in [2.24, 2.45) is 5.10 Å². The number of nitro benzene ring substituents is 2. The van der Waals surface area contributed by atoms with E-state index in [-0.39, 0.29) is 17.1 Å². The standard InChI is InChI=1S/C19H19N5O7/c25-19(13-31-18-4-2-1-3-16(18)23(26)27)21-20-12-14-5-6-15(17(11-14)24(28)29)22-7-9-30-10-8-22/h1-6,11-12H,7-10,13H2,(H,21,25)/b20-12+. The van der Waals surface area contributed by atoms with Crippen molar-refractivity contribution in [3.05, 3.63) is 68.3 Å². The Hall–Kier alpha value is -4.06. The number of nitrogens with zero attached hydrogens (tertiary/aromatic N) is 4. The SMILES string of the molecule is O=C(COc1ccccc1[N+](=O)[O-])N/N=C/c1ccc(N2CCOCC2)c([N+](=O)[O-])c1. The fourth-order valence-corrected chi connectivity index (χ4v) is 2.92. The highest BCUT2D eigenvalue weighted by molar-refractivity contribution is 5.85. The first-order chi connectivity index (χ1) is 15.0. The molecule has 0 unspecified atom stereocenters. The van der Waals surface area contributed by atoms with Gasteiger partial charge in [0.15, 0.2) is 12.4 Å². The van der Waals surface area contributed by atoms with E-state index >= 15 is 0 Å². The maximum Gasteiger partial charge on any atom is 0.310 e. The van der Waals surface area contributed by atoms with Crippen molar-refractivity contribution >= 4 is 29.2 Å². The number of para-hydroxylation sites is 2. The third-order valence-electron chi connectivity index (χ3n) is 4.37. The van der Waals surface area contributed by atoms with Crippen molar-refractivity contribution in [2.75, 3.05) is 37.8 Å². The Morgan fingerprint density at radius 1 is 1.13 bits per heavy atom. The molecule has 0 bridgehead atoms. The number of nitrogens with one attached hydrogen (secondary N) is 1. The minimum absolute atomic E-state index is 0.0408. The number of anilines is 1. The van der Waals surface area contributed by atoms with Crippen molar-refractivity contribution in [1.82, 2.24) is 5.43 Å². The lowest BCUT2D eigenvalue weighted by atomic mass is 10.1. The second-order valence-corrected chi connectivity index (χ2v) is 6.41. The van der Waals surface area contributed by atoms with Crippen LogP contribution in [0.25, 0.3) is 0 Å². The van der Waals surface area contributed by atoms with Gasteiger partial charge in [-0.25, -0.2) is 5.43 Å². The van der Waals surface area contributed by atoms with E-state index in [0.717, 1.165) is 0 Å². The highest BCUT2D eigenvalue weighted by Gasteiger charge is 2.21. The van der Waals surface area contributed by atoms with Crippen LogP contribution in [-0.2, 0) is 9.53 Å². The fraction of sp³-hybridized carbons (Fsp3) is 0.263. The number of carbonyl (C=O) groups is 1. The zero-order valence-corrected chi connectivity index (χ0v) is 16.3. The molecule has 0 radical (unpaired) electrons. The maximum absolute atomic E-state index is 11.9. The Balaban J connectivity index is 1.60. The highest BCUT2D eigenvalue weighted by Crippen LogP contribution is 2.29. The number of rotatable bonds is 8. The smallest absolute Gasteiger partial charge is 0.310 e. The Morgan fingerprint density at radius 3 is 2.55 bits per heavy atom. The van der Waals surface area contributed by atoms with Crippen molar-refractivity contribution in [3.63, 3.8) is 0 Å². The number of hydrazone groups is 1. The molecule has 0 spiro atoms. The predicted molar refractivity (Wildman–Crippen MR) is 110 cm³/mol. The molecule has 0 saturated carbocycles. The summed E-state index contributed by atoms with van der Waals surface area (Å²) in [4.78, 5) is 35.1. The van der Waals surface area contributed by atoms with Gasteiger partial charge in [-0.3, -0.25) is 25.0 Å². The van der Waals surface area contributed by atoms with E-state index in [2.05, 4.69) is 10.5 Å². The van der Waals surface area contributed by atoms with E-state index in [1.165, 1.54) is 30.5 Å². The molecule has 1 N–H and O–H groups in total. The van der Waals surface area contributed by atoms with Crippen LogP contribution in [-0.4, -0.2) is 54.9 Å². The minimum Gasteiger partial charge on any atom is -0.477 e. The Morgan fingerprint density at radius 2 is 1.84 bits per heavy atom. The first-order valence-electron chi connectivity index (χ1n) is 9.25. The molecule has 0 aromatic heterocycles. The van der Waals surface area contributed by atoms with Crippen LogP contribution in [0.15, 0.2) is 47.6 Å². The van der Waals surface area contributed by atoms with Crippen LogP contribution in [0.2, 0.25) is 0 Å². The molecule has 3 rings (SSSR count). The average molecular weight is 429 g/mol. The van der Waals surface area contributed by atoms with Crippen molar-refractivity contribution < 1.29 is 24.1 Å². The second-order valence-electron chi connectivity index (χ2n) is 6.41. The maximum atomic E-state index is 11.9. The third-order valence-corrected chi connectivity index (χ3v) is 4.37. The van der Waals surface area contributed by atoms with Crippen LogP contribution < -0.4 is 15.1 Å². The van der Waals surface area contributed by atoms with Gasteiger partial charge in [-0.1, -0.05) is 18.2 Å². The molecule has 1 heterocycles. The molecular weight excluding hydrogens is 410 g/mol. The Labute approximate surface area is 176 Å². The summed E-state index contributed by atoms with van der Waals surface area (Å²) in [6.45, 7) is 1.63. The third kappa shape index (κ3) is 5.73. The van der Waals surface area contributed by atoms with Gasteiger partial charge in [0.2, 0.25) is 0 Å². The van der Waals surface area contributed by atoms with E-state index < -0.39 is 22.4 Å². The molecule has 31 heavy (non-hydrogen) atoms. The van der Waals surface area contributed by atoms with Gasteiger partial charge in [0, 0.05) is 30.8 Å². The summed E-state index contributed by atoms with van der Waals surface area (Å²) in [6, 6.07) is 10.3. The van der Waals surface area contributed by atoms with Crippen LogP contribution in [0.4, 0.5) is 17.1 Å².